The third kappa shape index (κ3) is 4.94. The molecule has 4 atom stereocenters. The highest BCUT2D eigenvalue weighted by Crippen LogP contribution is 2.26. The molecule has 1 aromatic carbocycles. The highest BCUT2D eigenvalue weighted by molar-refractivity contribution is 7.09. The topological polar surface area (TPSA) is 54.5 Å². The van der Waals surface area contributed by atoms with Crippen LogP contribution in [0.25, 0.3) is 0 Å². The summed E-state index contributed by atoms with van der Waals surface area (Å²) in [4.78, 5) is 19.8. The summed E-state index contributed by atoms with van der Waals surface area (Å²) in [5, 5.41) is 6.12. The maximum atomic E-state index is 13.1. The van der Waals surface area contributed by atoms with Crippen molar-refractivity contribution in [2.45, 2.75) is 44.4 Å². The highest BCUT2D eigenvalue weighted by Gasteiger charge is 2.36. The smallest absolute Gasteiger partial charge is 0.226 e. The number of nitrogens with zero attached hydrogens (tertiary/aromatic N) is 2. The number of amides is 1. The highest BCUT2D eigenvalue weighted by atomic mass is 32.1. The molecule has 1 amide bonds. The average Bonchev–Trinajstić information content (AvgIpc) is 3.35. The molecule has 2 aromatic rings. The van der Waals surface area contributed by atoms with Crippen molar-refractivity contribution >= 4 is 17.2 Å². The number of nitrogens with one attached hydrogen (secondary N) is 1. The molecule has 1 aliphatic heterocycles. The van der Waals surface area contributed by atoms with E-state index in [4.69, 9.17) is 4.74 Å². The number of hydrogen-bond acceptors (Lipinski definition) is 5. The molecule has 0 spiro atoms. The van der Waals surface area contributed by atoms with Crippen molar-refractivity contribution in [1.82, 2.24) is 15.2 Å². The number of carbonyl (C=O) groups excluding carboxylic acids is 1. The van der Waals surface area contributed by atoms with Crippen LogP contribution in [0.1, 0.15) is 36.4 Å². The zero-order valence-corrected chi connectivity index (χ0v) is 17.1. The fourth-order valence-electron chi connectivity index (χ4n) is 3.95. The summed E-state index contributed by atoms with van der Waals surface area (Å²) < 4.78 is 5.76. The minimum absolute atomic E-state index is 0.0262. The number of likely N-dealkylation sites (tertiary alicyclic amines) is 1. The second-order valence-electron chi connectivity index (χ2n) is 7.30. The Kier molecular flexibility index (Phi) is 6.99. The van der Waals surface area contributed by atoms with Gasteiger partial charge in [-0.05, 0) is 38.4 Å². The van der Waals surface area contributed by atoms with E-state index in [2.05, 4.69) is 34.4 Å². The first-order valence-electron chi connectivity index (χ1n) is 9.57. The number of aromatic nitrogens is 1. The summed E-state index contributed by atoms with van der Waals surface area (Å²) in [7, 11) is 3.82. The second-order valence-corrected chi connectivity index (χ2v) is 8.23. The van der Waals surface area contributed by atoms with Crippen molar-refractivity contribution in [2.75, 3.05) is 20.7 Å². The van der Waals surface area contributed by atoms with Crippen LogP contribution in [-0.2, 0) is 16.0 Å². The molecule has 3 rings (SSSR count). The predicted octanol–water partition coefficient (Wildman–Crippen LogP) is 3.29. The van der Waals surface area contributed by atoms with Gasteiger partial charge in [-0.25, -0.2) is 4.98 Å². The minimum atomic E-state index is -0.223. The number of methoxy groups -OCH3 is 1. The molecule has 146 valence electrons. The van der Waals surface area contributed by atoms with Crippen LogP contribution in [0.5, 0.6) is 0 Å². The Morgan fingerprint density at radius 2 is 2.19 bits per heavy atom. The third-order valence-electron chi connectivity index (χ3n) is 5.48. The molecule has 27 heavy (non-hydrogen) atoms. The van der Waals surface area contributed by atoms with Crippen LogP contribution in [0.4, 0.5) is 0 Å². The van der Waals surface area contributed by atoms with E-state index < -0.39 is 0 Å². The van der Waals surface area contributed by atoms with E-state index in [-0.39, 0.29) is 24.0 Å². The van der Waals surface area contributed by atoms with Crippen LogP contribution >= 0.6 is 11.3 Å². The van der Waals surface area contributed by atoms with Crippen LogP contribution in [0.15, 0.2) is 41.9 Å². The maximum absolute atomic E-state index is 13.1. The lowest BCUT2D eigenvalue weighted by Crippen LogP contribution is -2.47. The monoisotopic (exact) mass is 387 g/mol. The third-order valence-corrected chi connectivity index (χ3v) is 6.37. The summed E-state index contributed by atoms with van der Waals surface area (Å²) in [6, 6.07) is 10.4. The van der Waals surface area contributed by atoms with Crippen LogP contribution in [0.2, 0.25) is 0 Å². The van der Waals surface area contributed by atoms with Gasteiger partial charge in [-0.3, -0.25) is 4.79 Å². The Labute approximate surface area is 165 Å². The predicted molar refractivity (Wildman–Crippen MR) is 109 cm³/mol. The summed E-state index contributed by atoms with van der Waals surface area (Å²) in [6.07, 6.45) is 4.65. The molecule has 2 heterocycles. The molecule has 0 aliphatic carbocycles. The van der Waals surface area contributed by atoms with Gasteiger partial charge in [-0.15, -0.1) is 11.3 Å². The molecule has 1 aromatic heterocycles. The van der Waals surface area contributed by atoms with Gasteiger partial charge >= 0.3 is 0 Å². The van der Waals surface area contributed by atoms with Crippen molar-refractivity contribution in [2.24, 2.45) is 5.92 Å². The quantitative estimate of drug-likeness (QED) is 0.755. The molecule has 5 nitrogen and oxygen atoms in total. The summed E-state index contributed by atoms with van der Waals surface area (Å²) in [5.74, 6) is -0.197. The first-order chi connectivity index (χ1) is 13.1. The largest absolute Gasteiger partial charge is 0.379 e. The molecular weight excluding hydrogens is 358 g/mol. The number of carbonyl (C=O) groups is 1. The molecule has 1 N–H and O–H groups in total. The Balaban J connectivity index is 1.71. The SMILES string of the molecule is CO[C@H]([C@@H](C)C(=O)N[C@@H](Cc1ccccc1)c1nccs1)[C@@H]1CCCN1C. The van der Waals surface area contributed by atoms with Crippen LogP contribution in [-0.4, -0.2) is 48.6 Å². The lowest BCUT2D eigenvalue weighted by atomic mass is 9.94. The summed E-state index contributed by atoms with van der Waals surface area (Å²) >= 11 is 1.58. The van der Waals surface area contributed by atoms with E-state index in [9.17, 15) is 4.79 Å². The molecule has 1 saturated heterocycles. The number of hydrogen-bond donors (Lipinski definition) is 1. The number of benzene rings is 1. The van der Waals surface area contributed by atoms with Gasteiger partial charge in [-0.2, -0.15) is 0 Å². The molecule has 6 heteroatoms. The van der Waals surface area contributed by atoms with Crippen molar-refractivity contribution in [3.63, 3.8) is 0 Å². The van der Waals surface area contributed by atoms with E-state index in [1.807, 2.05) is 30.5 Å². The van der Waals surface area contributed by atoms with Gasteiger partial charge in [0.25, 0.3) is 0 Å². The zero-order chi connectivity index (χ0) is 19.2. The summed E-state index contributed by atoms with van der Waals surface area (Å²) in [5.41, 5.74) is 1.18. The fraction of sp³-hybridized carbons (Fsp3) is 0.524. The molecule has 1 fully saturated rings. The number of ether oxygens (including phenoxy) is 1. The first kappa shape index (κ1) is 20.0. The van der Waals surface area contributed by atoms with E-state index in [1.165, 1.54) is 5.56 Å². The Bertz CT molecular complexity index is 707. The maximum Gasteiger partial charge on any atom is 0.226 e. The van der Waals surface area contributed by atoms with Gasteiger partial charge in [0.1, 0.15) is 5.01 Å². The Morgan fingerprint density at radius 1 is 1.41 bits per heavy atom. The number of thiazole rings is 1. The van der Waals surface area contributed by atoms with E-state index in [1.54, 1.807) is 24.6 Å². The van der Waals surface area contributed by atoms with E-state index in [0.717, 1.165) is 30.8 Å². The molecular formula is C21H29N3O2S. The number of likely N-dealkylation sites (N-methyl/N-ethyl adjacent to an activating group) is 1. The van der Waals surface area contributed by atoms with Gasteiger partial charge < -0.3 is 15.0 Å². The zero-order valence-electron chi connectivity index (χ0n) is 16.3. The fourth-order valence-corrected chi connectivity index (χ4v) is 4.64. The molecule has 0 radical (unpaired) electrons. The van der Waals surface area contributed by atoms with Crippen molar-refractivity contribution in [3.8, 4) is 0 Å². The standard InChI is InChI=1S/C21H29N3O2S/c1-15(19(26-3)18-10-7-12-24(18)2)20(25)23-17(21-22-11-13-27-21)14-16-8-5-4-6-9-16/h4-6,8-9,11,13,15,17-19H,7,10,12,14H2,1-3H3,(H,23,25)/t15-,17+,18+,19-/m1/s1. The summed E-state index contributed by atoms with van der Waals surface area (Å²) in [6.45, 7) is 3.03. The lowest BCUT2D eigenvalue weighted by Gasteiger charge is -2.32. The van der Waals surface area contributed by atoms with Gasteiger partial charge in [0.05, 0.1) is 18.1 Å². The van der Waals surface area contributed by atoms with Crippen LogP contribution in [0, 0.1) is 5.92 Å². The van der Waals surface area contributed by atoms with Crippen LogP contribution < -0.4 is 5.32 Å². The van der Waals surface area contributed by atoms with Crippen molar-refractivity contribution < 1.29 is 9.53 Å². The van der Waals surface area contributed by atoms with Crippen molar-refractivity contribution in [3.05, 3.63) is 52.5 Å². The van der Waals surface area contributed by atoms with E-state index >= 15 is 0 Å². The average molecular weight is 388 g/mol. The molecule has 1 aliphatic rings. The Hall–Kier alpha value is -1.76. The van der Waals surface area contributed by atoms with E-state index in [0.29, 0.717) is 6.04 Å². The number of rotatable bonds is 8. The van der Waals surface area contributed by atoms with Crippen LogP contribution in [0.3, 0.4) is 0 Å². The Morgan fingerprint density at radius 3 is 2.78 bits per heavy atom. The van der Waals surface area contributed by atoms with Gasteiger partial charge in [0.2, 0.25) is 5.91 Å². The molecule has 0 bridgehead atoms. The molecule has 0 saturated carbocycles. The van der Waals surface area contributed by atoms with Gasteiger partial charge in [-0.1, -0.05) is 37.3 Å². The van der Waals surface area contributed by atoms with Gasteiger partial charge in [0, 0.05) is 24.7 Å². The molecule has 0 unspecified atom stereocenters. The first-order valence-corrected chi connectivity index (χ1v) is 10.4. The lowest BCUT2D eigenvalue weighted by molar-refractivity contribution is -0.131. The normalized spacial score (nSPS) is 20.9. The van der Waals surface area contributed by atoms with Crippen molar-refractivity contribution in [1.29, 1.82) is 0 Å². The van der Waals surface area contributed by atoms with Gasteiger partial charge in [0.15, 0.2) is 0 Å². The second kappa shape index (κ2) is 9.44. The minimum Gasteiger partial charge on any atom is -0.379 e.